The summed E-state index contributed by atoms with van der Waals surface area (Å²) in [5.74, 6) is 0. The van der Waals surface area contributed by atoms with Crippen LogP contribution in [-0.4, -0.2) is 0 Å². The minimum absolute atomic E-state index is 0.251. The van der Waals surface area contributed by atoms with E-state index in [9.17, 15) is 0 Å². The normalized spacial score (nSPS) is 11.5. The minimum atomic E-state index is -0.556. The van der Waals surface area contributed by atoms with Crippen molar-refractivity contribution < 1.29 is 17.0 Å². The fourth-order valence-electron chi connectivity index (χ4n) is 1.45. The Morgan fingerprint density at radius 2 is 1.12 bits per heavy atom. The van der Waals surface area contributed by atoms with E-state index >= 15 is 0 Å². The topological polar surface area (TPSA) is 0 Å². The molecule has 0 amide bonds. The maximum absolute atomic E-state index is 4.89. The molecule has 0 heterocycles. The third kappa shape index (κ3) is 6.86. The van der Waals surface area contributed by atoms with E-state index in [1.807, 2.05) is 0 Å². The van der Waals surface area contributed by atoms with E-state index in [0.29, 0.717) is 0 Å². The first-order valence-electron chi connectivity index (χ1n) is 5.70. The summed E-state index contributed by atoms with van der Waals surface area (Å²) in [6.45, 7) is 13.6. The summed E-state index contributed by atoms with van der Waals surface area (Å²) in [7, 11) is 9.78. The molecule has 0 radical (unpaired) electrons. The summed E-state index contributed by atoms with van der Waals surface area (Å²) in [5, 5.41) is 0. The van der Waals surface area contributed by atoms with Crippen molar-refractivity contribution in [2.75, 3.05) is 0 Å². The molecule has 0 saturated carbocycles. The Morgan fingerprint density at radius 1 is 0.824 bits per heavy atom. The predicted octanol–water partition coefficient (Wildman–Crippen LogP) is 5.66. The second-order valence-electron chi connectivity index (χ2n) is 6.15. The van der Waals surface area contributed by atoms with Gasteiger partial charge in [-0.2, -0.15) is 0 Å². The van der Waals surface area contributed by atoms with E-state index < -0.39 is 17.0 Å². The van der Waals surface area contributed by atoms with Crippen molar-refractivity contribution in [2.24, 2.45) is 0 Å². The van der Waals surface area contributed by atoms with Crippen LogP contribution in [0.15, 0.2) is 24.3 Å². The van der Waals surface area contributed by atoms with E-state index in [2.05, 4.69) is 65.8 Å². The molecular formula is C14H22Cl2Ti. The molecular weight excluding hydrogens is 287 g/mol. The van der Waals surface area contributed by atoms with Crippen LogP contribution in [0.4, 0.5) is 0 Å². The van der Waals surface area contributed by atoms with E-state index in [1.54, 1.807) is 0 Å². The Labute approximate surface area is 123 Å². The molecule has 17 heavy (non-hydrogen) atoms. The zero-order valence-corrected chi connectivity index (χ0v) is 14.6. The second kappa shape index (κ2) is 7.19. The molecule has 3 heteroatoms. The van der Waals surface area contributed by atoms with Crippen LogP contribution in [0.3, 0.4) is 0 Å². The predicted molar refractivity (Wildman–Crippen MR) is 75.5 cm³/mol. The van der Waals surface area contributed by atoms with Gasteiger partial charge >= 0.3 is 35.6 Å². The van der Waals surface area contributed by atoms with Crippen molar-refractivity contribution in [1.29, 1.82) is 0 Å². The molecule has 0 nitrogen and oxygen atoms in total. The van der Waals surface area contributed by atoms with Crippen LogP contribution in [0.25, 0.3) is 0 Å². The van der Waals surface area contributed by atoms with Crippen molar-refractivity contribution >= 4 is 18.6 Å². The Kier molecular flexibility index (Phi) is 7.41. The van der Waals surface area contributed by atoms with Gasteiger partial charge in [0.2, 0.25) is 0 Å². The number of hydrogen-bond donors (Lipinski definition) is 0. The third-order valence-corrected chi connectivity index (χ3v) is 2.59. The van der Waals surface area contributed by atoms with Gasteiger partial charge in [-0.25, -0.2) is 0 Å². The molecule has 0 N–H and O–H groups in total. The van der Waals surface area contributed by atoms with Gasteiger partial charge in [0.25, 0.3) is 0 Å². The zero-order chi connectivity index (χ0) is 13.7. The van der Waals surface area contributed by atoms with E-state index in [-0.39, 0.29) is 10.8 Å². The summed E-state index contributed by atoms with van der Waals surface area (Å²) in [4.78, 5) is 0. The van der Waals surface area contributed by atoms with Crippen LogP contribution in [-0.2, 0) is 27.9 Å². The first-order chi connectivity index (χ1) is 7.62. The Balaban J connectivity index is 0.000000770. The van der Waals surface area contributed by atoms with Crippen LogP contribution >= 0.6 is 18.6 Å². The Hall–Kier alpha value is 0.514. The molecule has 1 aromatic carbocycles. The second-order valence-corrected chi connectivity index (χ2v) is 8.73. The Morgan fingerprint density at radius 3 is 1.35 bits per heavy atom. The summed E-state index contributed by atoms with van der Waals surface area (Å²) in [5.41, 5.74) is 3.34. The van der Waals surface area contributed by atoms with Crippen molar-refractivity contribution in [3.63, 3.8) is 0 Å². The number of rotatable bonds is 0. The molecule has 0 fully saturated rings. The molecule has 0 spiro atoms. The molecule has 0 saturated heterocycles. The first-order valence-corrected chi connectivity index (χ1v) is 10.00. The van der Waals surface area contributed by atoms with Crippen molar-refractivity contribution in [1.82, 2.24) is 0 Å². The average molecular weight is 309 g/mol. The van der Waals surface area contributed by atoms with Gasteiger partial charge in [0.1, 0.15) is 0 Å². The summed E-state index contributed by atoms with van der Waals surface area (Å²) >= 11 is -0.556. The van der Waals surface area contributed by atoms with Gasteiger partial charge < -0.3 is 0 Å². The molecule has 0 bridgehead atoms. The van der Waals surface area contributed by atoms with Gasteiger partial charge in [0.15, 0.2) is 0 Å². The fourth-order valence-corrected chi connectivity index (χ4v) is 1.45. The van der Waals surface area contributed by atoms with E-state index in [1.165, 1.54) is 11.1 Å². The van der Waals surface area contributed by atoms with Crippen LogP contribution in [0.2, 0.25) is 0 Å². The van der Waals surface area contributed by atoms with Crippen LogP contribution in [0.1, 0.15) is 52.7 Å². The molecule has 0 atom stereocenters. The van der Waals surface area contributed by atoms with Crippen LogP contribution < -0.4 is 0 Å². The molecule has 0 aliphatic rings. The number of halogens is 2. The average Bonchev–Trinajstić information content (AvgIpc) is 2.16. The molecule has 0 aliphatic heterocycles. The van der Waals surface area contributed by atoms with Crippen molar-refractivity contribution in [2.45, 2.75) is 52.4 Å². The van der Waals surface area contributed by atoms with E-state index in [4.69, 9.17) is 18.6 Å². The van der Waals surface area contributed by atoms with Crippen molar-refractivity contribution in [3.05, 3.63) is 35.4 Å². The van der Waals surface area contributed by atoms with Gasteiger partial charge in [-0.1, -0.05) is 65.8 Å². The van der Waals surface area contributed by atoms with Crippen molar-refractivity contribution in [3.8, 4) is 0 Å². The summed E-state index contributed by atoms with van der Waals surface area (Å²) in [6.07, 6.45) is 0. The Bertz CT molecular complexity index is 306. The van der Waals surface area contributed by atoms with E-state index in [0.717, 1.165) is 0 Å². The molecule has 0 unspecified atom stereocenters. The monoisotopic (exact) mass is 308 g/mol. The standard InChI is InChI=1S/C14H22.2ClH.Ti/c1-13(2,3)11-8-7-9-12(10-11)14(4,5)6;;;/h7-10H,1-6H3;2*1H;/q;;;+2/p-2. The fraction of sp³-hybridized carbons (Fsp3) is 0.571. The summed E-state index contributed by atoms with van der Waals surface area (Å²) < 4.78 is 0. The molecule has 0 aromatic heterocycles. The third-order valence-electron chi connectivity index (χ3n) is 2.59. The SMILES string of the molecule is CC(C)(C)c1cccc(C(C)(C)C)c1.[Cl][Ti][Cl]. The zero-order valence-electron chi connectivity index (χ0n) is 11.6. The molecule has 1 rings (SSSR count). The molecule has 0 aliphatic carbocycles. The maximum atomic E-state index is 4.89. The first kappa shape index (κ1) is 17.5. The van der Waals surface area contributed by atoms with Crippen LogP contribution in [0.5, 0.6) is 0 Å². The number of hydrogen-bond acceptors (Lipinski definition) is 0. The number of benzene rings is 1. The summed E-state index contributed by atoms with van der Waals surface area (Å²) in [6, 6.07) is 8.94. The molecule has 1 aromatic rings. The van der Waals surface area contributed by atoms with Gasteiger partial charge in [-0.3, -0.25) is 0 Å². The molecule has 96 valence electrons. The quantitative estimate of drug-likeness (QED) is 0.543. The van der Waals surface area contributed by atoms with Crippen LogP contribution in [0, 0.1) is 0 Å². The van der Waals surface area contributed by atoms with Gasteiger partial charge in [-0.15, -0.1) is 0 Å². The van der Waals surface area contributed by atoms with Gasteiger partial charge in [0.05, 0.1) is 0 Å². The van der Waals surface area contributed by atoms with Gasteiger partial charge in [-0.05, 0) is 22.0 Å². The van der Waals surface area contributed by atoms with Gasteiger partial charge in [0, 0.05) is 0 Å².